The zero-order valence-corrected chi connectivity index (χ0v) is 14.9. The molecular weight excluding hydrogens is 310 g/mol. The Kier molecular flexibility index (Phi) is 6.04. The van der Waals surface area contributed by atoms with Crippen molar-refractivity contribution in [3.05, 3.63) is 54.2 Å². The van der Waals surface area contributed by atoms with Gasteiger partial charge in [0.25, 0.3) is 0 Å². The Bertz CT molecular complexity index is 661. The Hall–Kier alpha value is -2.36. The zero-order valence-electron chi connectivity index (χ0n) is 14.9. The van der Waals surface area contributed by atoms with E-state index < -0.39 is 0 Å². The van der Waals surface area contributed by atoms with Gasteiger partial charge < -0.3 is 10.2 Å². The number of amides is 1. The van der Waals surface area contributed by atoms with Crippen LogP contribution in [0.1, 0.15) is 38.2 Å². The zero-order chi connectivity index (χ0) is 17.5. The van der Waals surface area contributed by atoms with Gasteiger partial charge in [-0.2, -0.15) is 0 Å². The highest BCUT2D eigenvalue weighted by molar-refractivity contribution is 5.89. The number of anilines is 2. The monoisotopic (exact) mass is 337 g/mol. The summed E-state index contributed by atoms with van der Waals surface area (Å²) in [5.41, 5.74) is 2.58. The van der Waals surface area contributed by atoms with Crippen LogP contribution in [0.4, 0.5) is 11.5 Å². The van der Waals surface area contributed by atoms with E-state index in [2.05, 4.69) is 51.6 Å². The molecule has 0 spiro atoms. The van der Waals surface area contributed by atoms with Crippen molar-refractivity contribution in [3.8, 4) is 0 Å². The molecular formula is C21H27N3O. The van der Waals surface area contributed by atoms with Gasteiger partial charge in [0.15, 0.2) is 0 Å². The second kappa shape index (κ2) is 8.65. The Labute approximate surface area is 150 Å². The number of benzene rings is 1. The van der Waals surface area contributed by atoms with E-state index in [0.29, 0.717) is 12.2 Å². The third-order valence-corrected chi connectivity index (χ3v) is 4.84. The maximum Gasteiger partial charge on any atom is 0.225 e. The first-order valence-electron chi connectivity index (χ1n) is 9.29. The van der Waals surface area contributed by atoms with Crippen molar-refractivity contribution in [1.82, 2.24) is 4.98 Å². The molecule has 0 bridgehead atoms. The maximum absolute atomic E-state index is 11.6. The molecule has 0 saturated carbocycles. The van der Waals surface area contributed by atoms with Gasteiger partial charge in [-0.05, 0) is 49.3 Å². The van der Waals surface area contributed by atoms with E-state index in [1.807, 2.05) is 19.2 Å². The first-order valence-corrected chi connectivity index (χ1v) is 9.29. The average molecular weight is 337 g/mol. The summed E-state index contributed by atoms with van der Waals surface area (Å²) in [7, 11) is 0. The molecule has 1 aromatic carbocycles. The molecule has 0 atom stereocenters. The highest BCUT2D eigenvalue weighted by Crippen LogP contribution is 2.25. The lowest BCUT2D eigenvalue weighted by Crippen LogP contribution is -2.34. The van der Waals surface area contributed by atoms with Crippen LogP contribution in [0.2, 0.25) is 0 Å². The molecule has 1 fully saturated rings. The van der Waals surface area contributed by atoms with Gasteiger partial charge in [0, 0.05) is 19.5 Å². The third-order valence-electron chi connectivity index (χ3n) is 4.84. The van der Waals surface area contributed by atoms with Crippen LogP contribution in [-0.2, 0) is 11.2 Å². The van der Waals surface area contributed by atoms with E-state index in [1.54, 1.807) is 0 Å². The second-order valence-corrected chi connectivity index (χ2v) is 6.82. The number of carbonyl (C=O) groups is 1. The fourth-order valence-electron chi connectivity index (χ4n) is 3.42. The van der Waals surface area contributed by atoms with Crippen LogP contribution < -0.4 is 10.2 Å². The van der Waals surface area contributed by atoms with Gasteiger partial charge in [0.1, 0.15) is 5.82 Å². The van der Waals surface area contributed by atoms with E-state index in [-0.39, 0.29) is 5.91 Å². The Morgan fingerprint density at radius 3 is 2.56 bits per heavy atom. The normalized spacial score (nSPS) is 15.2. The van der Waals surface area contributed by atoms with E-state index in [4.69, 9.17) is 0 Å². The molecule has 0 aliphatic carbocycles. The Balaban J connectivity index is 1.50. The van der Waals surface area contributed by atoms with Gasteiger partial charge in [-0.3, -0.25) is 4.79 Å². The molecule has 2 heterocycles. The summed E-state index contributed by atoms with van der Waals surface area (Å²) in [5.74, 6) is 1.44. The fraction of sp³-hybridized carbons (Fsp3) is 0.429. The van der Waals surface area contributed by atoms with Crippen molar-refractivity contribution >= 4 is 17.4 Å². The number of piperidine rings is 1. The minimum atomic E-state index is 0.0319. The SMILES string of the molecule is CCCC(=O)Nc1ccc(N2CCC(Cc3ccccc3)CC2)cn1. The Morgan fingerprint density at radius 1 is 1.16 bits per heavy atom. The van der Waals surface area contributed by atoms with Crippen molar-refractivity contribution in [2.75, 3.05) is 23.3 Å². The third kappa shape index (κ3) is 5.05. The molecule has 25 heavy (non-hydrogen) atoms. The summed E-state index contributed by atoms with van der Waals surface area (Å²) in [6.07, 6.45) is 6.86. The number of carbonyl (C=O) groups excluding carboxylic acids is 1. The molecule has 1 aliphatic heterocycles. The molecule has 1 N–H and O–H groups in total. The number of pyridine rings is 1. The molecule has 4 nitrogen and oxygen atoms in total. The molecule has 2 aromatic rings. The predicted octanol–water partition coefficient (Wildman–Crippen LogP) is 4.28. The van der Waals surface area contributed by atoms with E-state index in [0.717, 1.165) is 31.1 Å². The van der Waals surface area contributed by atoms with Crippen molar-refractivity contribution in [1.29, 1.82) is 0 Å². The number of rotatable bonds is 6. The molecule has 4 heteroatoms. The van der Waals surface area contributed by atoms with Gasteiger partial charge in [0.2, 0.25) is 5.91 Å². The second-order valence-electron chi connectivity index (χ2n) is 6.82. The van der Waals surface area contributed by atoms with Gasteiger partial charge in [0.05, 0.1) is 11.9 Å². The van der Waals surface area contributed by atoms with Crippen LogP contribution in [0.15, 0.2) is 48.7 Å². The van der Waals surface area contributed by atoms with Crippen molar-refractivity contribution in [2.24, 2.45) is 5.92 Å². The molecule has 1 aromatic heterocycles. The van der Waals surface area contributed by atoms with Crippen molar-refractivity contribution < 1.29 is 4.79 Å². The first kappa shape index (κ1) is 17.5. The van der Waals surface area contributed by atoms with Crippen LogP contribution in [0.5, 0.6) is 0 Å². The molecule has 0 unspecified atom stereocenters. The molecule has 1 aliphatic rings. The Morgan fingerprint density at radius 2 is 1.92 bits per heavy atom. The van der Waals surface area contributed by atoms with Crippen LogP contribution in [0.3, 0.4) is 0 Å². The van der Waals surface area contributed by atoms with E-state index >= 15 is 0 Å². The van der Waals surface area contributed by atoms with Crippen LogP contribution >= 0.6 is 0 Å². The highest BCUT2D eigenvalue weighted by Gasteiger charge is 2.20. The van der Waals surface area contributed by atoms with Gasteiger partial charge in [-0.25, -0.2) is 4.98 Å². The van der Waals surface area contributed by atoms with Gasteiger partial charge >= 0.3 is 0 Å². The summed E-state index contributed by atoms with van der Waals surface area (Å²) >= 11 is 0. The number of nitrogens with zero attached hydrogens (tertiary/aromatic N) is 2. The minimum absolute atomic E-state index is 0.0319. The summed E-state index contributed by atoms with van der Waals surface area (Å²) in [6.45, 7) is 4.14. The molecule has 1 saturated heterocycles. The van der Waals surface area contributed by atoms with E-state index in [9.17, 15) is 4.79 Å². The first-order chi connectivity index (χ1) is 12.2. The lowest BCUT2D eigenvalue weighted by atomic mass is 9.90. The lowest BCUT2D eigenvalue weighted by molar-refractivity contribution is -0.116. The largest absolute Gasteiger partial charge is 0.370 e. The number of nitrogens with one attached hydrogen (secondary N) is 1. The summed E-state index contributed by atoms with van der Waals surface area (Å²) in [6, 6.07) is 14.7. The van der Waals surface area contributed by atoms with Crippen LogP contribution in [0.25, 0.3) is 0 Å². The van der Waals surface area contributed by atoms with Gasteiger partial charge in [-0.1, -0.05) is 37.3 Å². The minimum Gasteiger partial charge on any atom is -0.370 e. The predicted molar refractivity (Wildman–Crippen MR) is 103 cm³/mol. The fourth-order valence-corrected chi connectivity index (χ4v) is 3.42. The van der Waals surface area contributed by atoms with Crippen LogP contribution in [0, 0.1) is 5.92 Å². The van der Waals surface area contributed by atoms with Crippen LogP contribution in [-0.4, -0.2) is 24.0 Å². The van der Waals surface area contributed by atoms with Gasteiger partial charge in [-0.15, -0.1) is 0 Å². The number of hydrogen-bond donors (Lipinski definition) is 1. The standard InChI is InChI=1S/C21H27N3O/c1-2-6-21(25)23-20-10-9-19(16-22-20)24-13-11-18(12-14-24)15-17-7-4-3-5-8-17/h3-5,7-10,16,18H,2,6,11-15H2,1H3,(H,22,23,25). The number of aromatic nitrogens is 1. The topological polar surface area (TPSA) is 45.2 Å². The lowest BCUT2D eigenvalue weighted by Gasteiger charge is -2.33. The quantitative estimate of drug-likeness (QED) is 0.856. The number of hydrogen-bond acceptors (Lipinski definition) is 3. The maximum atomic E-state index is 11.6. The summed E-state index contributed by atoms with van der Waals surface area (Å²) < 4.78 is 0. The molecule has 132 valence electrons. The summed E-state index contributed by atoms with van der Waals surface area (Å²) in [4.78, 5) is 18.4. The molecule has 3 rings (SSSR count). The average Bonchev–Trinajstić information content (AvgIpc) is 2.64. The molecule has 0 radical (unpaired) electrons. The van der Waals surface area contributed by atoms with Crippen molar-refractivity contribution in [2.45, 2.75) is 39.0 Å². The van der Waals surface area contributed by atoms with Crippen molar-refractivity contribution in [3.63, 3.8) is 0 Å². The summed E-state index contributed by atoms with van der Waals surface area (Å²) in [5, 5.41) is 2.84. The smallest absolute Gasteiger partial charge is 0.225 e. The van der Waals surface area contributed by atoms with E-state index in [1.165, 1.54) is 24.8 Å². The molecule has 1 amide bonds. The highest BCUT2D eigenvalue weighted by atomic mass is 16.1.